The van der Waals surface area contributed by atoms with Crippen LogP contribution in [0.4, 0.5) is 0 Å². The van der Waals surface area contributed by atoms with Crippen LogP contribution >= 0.6 is 0 Å². The van der Waals surface area contributed by atoms with Crippen LogP contribution in [0.3, 0.4) is 0 Å². The van der Waals surface area contributed by atoms with Crippen molar-refractivity contribution in [2.24, 2.45) is 17.3 Å². The molecule has 1 saturated heterocycles. The van der Waals surface area contributed by atoms with Crippen molar-refractivity contribution in [1.82, 2.24) is 0 Å². The number of rotatable bonds is 4. The first-order chi connectivity index (χ1) is 11.3. The van der Waals surface area contributed by atoms with E-state index in [0.29, 0.717) is 5.92 Å². The third kappa shape index (κ3) is 2.78. The number of esters is 1. The summed E-state index contributed by atoms with van der Waals surface area (Å²) in [5.41, 5.74) is 1.14. The van der Waals surface area contributed by atoms with E-state index in [1.54, 1.807) is 0 Å². The molecule has 24 heavy (non-hydrogen) atoms. The van der Waals surface area contributed by atoms with Crippen LogP contribution in [0.25, 0.3) is 0 Å². The van der Waals surface area contributed by atoms with E-state index in [0.717, 1.165) is 12.8 Å². The van der Waals surface area contributed by atoms with Crippen LogP contribution < -0.4 is 4.46 Å². The second-order valence-electron chi connectivity index (χ2n) is 7.62. The zero-order chi connectivity index (χ0) is 17.5. The summed E-state index contributed by atoms with van der Waals surface area (Å²) in [5.74, 6) is 0.603. The fourth-order valence-corrected chi connectivity index (χ4v) is 7.10. The molecule has 3 heteroatoms. The van der Waals surface area contributed by atoms with Crippen LogP contribution in [0.1, 0.15) is 33.6 Å². The topological polar surface area (TPSA) is 26.3 Å². The molecule has 2 fully saturated rings. The van der Waals surface area contributed by atoms with Crippen LogP contribution in [-0.4, -0.2) is 27.0 Å². The van der Waals surface area contributed by atoms with Gasteiger partial charge in [-0.1, -0.05) is 0 Å². The van der Waals surface area contributed by atoms with Crippen molar-refractivity contribution in [1.29, 1.82) is 0 Å². The third-order valence-corrected chi connectivity index (χ3v) is 8.82. The molecule has 2 aliphatic rings. The predicted molar refractivity (Wildman–Crippen MR) is 99.4 cm³/mol. The number of allylic oxidation sites excluding steroid dienone is 2. The molecule has 1 saturated carbocycles. The first kappa shape index (κ1) is 17.5. The van der Waals surface area contributed by atoms with Gasteiger partial charge in [0.15, 0.2) is 0 Å². The molecule has 0 amide bonds. The molecule has 0 aromatic heterocycles. The number of carbonyl (C=O) groups is 1. The Kier molecular flexibility index (Phi) is 4.53. The fourth-order valence-electron chi connectivity index (χ4n) is 4.34. The Morgan fingerprint density at radius 2 is 2.00 bits per heavy atom. The molecule has 0 spiro atoms. The van der Waals surface area contributed by atoms with E-state index in [9.17, 15) is 4.79 Å². The Hall–Kier alpha value is -1.31. The second kappa shape index (κ2) is 6.20. The van der Waals surface area contributed by atoms with E-state index in [4.69, 9.17) is 4.74 Å². The molecule has 128 valence electrons. The quantitative estimate of drug-likeness (QED) is 0.443. The summed E-state index contributed by atoms with van der Waals surface area (Å²) in [6.07, 6.45) is 3.85. The van der Waals surface area contributed by atoms with Gasteiger partial charge in [-0.2, -0.15) is 0 Å². The molecule has 0 unspecified atom stereocenters. The van der Waals surface area contributed by atoms with Gasteiger partial charge in [-0.05, 0) is 0 Å². The Morgan fingerprint density at radius 3 is 2.58 bits per heavy atom. The molecule has 0 N–H and O–H groups in total. The van der Waals surface area contributed by atoms with Crippen molar-refractivity contribution in [3.8, 4) is 0 Å². The zero-order valence-corrected chi connectivity index (χ0v) is 16.5. The standard InChI is InChI=1S/C21H26O2Se/c1-6-20(4)13-18-17(12-16(20)14(2)3)21(5,19(22)23-18)24-15-10-8-7-9-11-15/h6-11,16-18H,1-2,12-13H2,3-5H3/t16-,17-,18-,20+,21-/m0/s1. The monoisotopic (exact) mass is 390 g/mol. The molecular weight excluding hydrogens is 363 g/mol. The maximum atomic E-state index is 12.8. The van der Waals surface area contributed by atoms with Crippen LogP contribution in [0.5, 0.6) is 0 Å². The normalized spacial score (nSPS) is 38.3. The summed E-state index contributed by atoms with van der Waals surface area (Å²) >= 11 is 0.0618. The van der Waals surface area contributed by atoms with Gasteiger partial charge < -0.3 is 0 Å². The SMILES string of the molecule is C=C[C@]1(C)C[C@@H]2OC(=O)[C@@](C)([Se]c3ccccc3)[C@H]2C[C@H]1C(=C)C. The van der Waals surface area contributed by atoms with Crippen LogP contribution in [0.15, 0.2) is 55.1 Å². The maximum absolute atomic E-state index is 12.8. The van der Waals surface area contributed by atoms with Gasteiger partial charge in [-0.25, -0.2) is 0 Å². The number of ether oxygens (including phenoxy) is 1. The molecule has 1 aliphatic carbocycles. The summed E-state index contributed by atoms with van der Waals surface area (Å²) < 4.78 is 6.74. The van der Waals surface area contributed by atoms with Gasteiger partial charge in [0, 0.05) is 0 Å². The summed E-state index contributed by atoms with van der Waals surface area (Å²) in [4.78, 5) is 12.8. The molecule has 3 rings (SSSR count). The number of carbonyl (C=O) groups excluding carboxylic acids is 1. The Morgan fingerprint density at radius 1 is 1.33 bits per heavy atom. The van der Waals surface area contributed by atoms with Gasteiger partial charge in [-0.15, -0.1) is 0 Å². The minimum atomic E-state index is -0.394. The van der Waals surface area contributed by atoms with Gasteiger partial charge in [0.05, 0.1) is 0 Å². The minimum absolute atomic E-state index is 0.00619. The molecule has 1 heterocycles. The van der Waals surface area contributed by atoms with Crippen molar-refractivity contribution >= 4 is 25.4 Å². The molecule has 5 atom stereocenters. The molecule has 2 nitrogen and oxygen atoms in total. The van der Waals surface area contributed by atoms with E-state index in [-0.39, 0.29) is 38.4 Å². The fraction of sp³-hybridized carbons (Fsp3) is 0.476. The zero-order valence-electron chi connectivity index (χ0n) is 14.7. The van der Waals surface area contributed by atoms with Crippen molar-refractivity contribution in [3.63, 3.8) is 0 Å². The third-order valence-electron chi connectivity index (χ3n) is 5.88. The Balaban J connectivity index is 1.92. The average Bonchev–Trinajstić information content (AvgIpc) is 2.77. The van der Waals surface area contributed by atoms with Crippen LogP contribution in [-0.2, 0) is 9.53 Å². The van der Waals surface area contributed by atoms with Gasteiger partial charge in [0.25, 0.3) is 0 Å². The van der Waals surface area contributed by atoms with Crippen LogP contribution in [0.2, 0.25) is 4.31 Å². The van der Waals surface area contributed by atoms with E-state index in [1.807, 2.05) is 24.3 Å². The predicted octanol–water partition coefficient (Wildman–Crippen LogP) is 3.91. The molecule has 0 bridgehead atoms. The van der Waals surface area contributed by atoms with Gasteiger partial charge >= 0.3 is 151 Å². The van der Waals surface area contributed by atoms with Gasteiger partial charge in [-0.3, -0.25) is 0 Å². The van der Waals surface area contributed by atoms with E-state index in [1.165, 1.54) is 10.0 Å². The number of hydrogen-bond donors (Lipinski definition) is 0. The summed E-state index contributed by atoms with van der Waals surface area (Å²) in [5, 5.41) is 0. The second-order valence-corrected chi connectivity index (χ2v) is 10.8. The molecule has 0 radical (unpaired) electrons. The number of fused-ring (bicyclic) bond motifs is 1. The Bertz CT molecular complexity index is 668. The van der Waals surface area contributed by atoms with Crippen molar-refractivity contribution in [2.75, 3.05) is 0 Å². The summed E-state index contributed by atoms with van der Waals surface area (Å²) in [6, 6.07) is 10.4. The van der Waals surface area contributed by atoms with Crippen molar-refractivity contribution in [3.05, 3.63) is 55.1 Å². The van der Waals surface area contributed by atoms with E-state index >= 15 is 0 Å². The van der Waals surface area contributed by atoms with E-state index < -0.39 is 4.31 Å². The first-order valence-electron chi connectivity index (χ1n) is 8.54. The average molecular weight is 389 g/mol. The molecule has 1 aliphatic heterocycles. The Labute approximate surface area is 151 Å². The molecular formula is C21H26O2Se. The van der Waals surface area contributed by atoms with E-state index in [2.05, 4.69) is 46.1 Å². The number of benzene rings is 1. The molecule has 1 aromatic rings. The van der Waals surface area contributed by atoms with Gasteiger partial charge in [0.2, 0.25) is 0 Å². The van der Waals surface area contributed by atoms with Crippen LogP contribution in [0, 0.1) is 17.3 Å². The summed E-state index contributed by atoms with van der Waals surface area (Å²) in [6.45, 7) is 14.7. The first-order valence-corrected chi connectivity index (χ1v) is 10.3. The van der Waals surface area contributed by atoms with Crippen molar-refractivity contribution in [2.45, 2.75) is 44.0 Å². The summed E-state index contributed by atoms with van der Waals surface area (Å²) in [7, 11) is 0. The molecule has 1 aromatic carbocycles. The van der Waals surface area contributed by atoms with Crippen molar-refractivity contribution < 1.29 is 9.53 Å². The van der Waals surface area contributed by atoms with Gasteiger partial charge in [0.1, 0.15) is 0 Å². The number of hydrogen-bond acceptors (Lipinski definition) is 2.